The van der Waals surface area contributed by atoms with Gasteiger partial charge in [-0.25, -0.2) is 4.98 Å². The molecule has 6 rings (SSSR count). The van der Waals surface area contributed by atoms with Crippen molar-refractivity contribution < 1.29 is 0 Å². The van der Waals surface area contributed by atoms with Gasteiger partial charge in [0.2, 0.25) is 5.95 Å². The van der Waals surface area contributed by atoms with Crippen LogP contribution in [0.15, 0.2) is 36.8 Å². The van der Waals surface area contributed by atoms with E-state index < -0.39 is 0 Å². The van der Waals surface area contributed by atoms with E-state index in [2.05, 4.69) is 73.3 Å². The first-order valence-electron chi connectivity index (χ1n) is 13.1. The van der Waals surface area contributed by atoms with E-state index in [9.17, 15) is 0 Å². The summed E-state index contributed by atoms with van der Waals surface area (Å²) in [7, 11) is 0. The molecule has 35 heavy (non-hydrogen) atoms. The summed E-state index contributed by atoms with van der Waals surface area (Å²) in [4.78, 5) is 14.7. The average molecular weight is 474 g/mol. The molecule has 2 unspecified atom stereocenters. The van der Waals surface area contributed by atoms with Gasteiger partial charge in [-0.1, -0.05) is 31.9 Å². The number of hydrogen-bond acceptors (Lipinski definition) is 8. The molecule has 3 aromatic rings. The first-order chi connectivity index (χ1) is 17.2. The first kappa shape index (κ1) is 22.3. The summed E-state index contributed by atoms with van der Waals surface area (Å²) in [6.45, 7) is 8.60. The summed E-state index contributed by atoms with van der Waals surface area (Å²) >= 11 is 0. The highest BCUT2D eigenvalue weighted by Crippen LogP contribution is 2.42. The molecule has 3 aliphatic rings. The summed E-state index contributed by atoms with van der Waals surface area (Å²) in [5.74, 6) is 2.65. The van der Waals surface area contributed by atoms with Crippen LogP contribution in [0.25, 0.3) is 5.69 Å². The molecule has 1 saturated heterocycles. The molecule has 9 heteroatoms. The molecule has 1 aliphatic carbocycles. The number of rotatable bonds is 6. The molecule has 2 N–H and O–H groups in total. The summed E-state index contributed by atoms with van der Waals surface area (Å²) in [5.41, 5.74) is 3.49. The zero-order valence-corrected chi connectivity index (χ0v) is 20.7. The van der Waals surface area contributed by atoms with Crippen molar-refractivity contribution >= 4 is 17.5 Å². The van der Waals surface area contributed by atoms with E-state index in [1.807, 2.05) is 6.20 Å². The maximum Gasteiger partial charge on any atom is 0.225 e. The highest BCUT2D eigenvalue weighted by atomic mass is 15.4. The van der Waals surface area contributed by atoms with Crippen LogP contribution in [-0.4, -0.2) is 57.0 Å². The molecule has 2 fully saturated rings. The molecule has 1 aromatic carbocycles. The third-order valence-corrected chi connectivity index (χ3v) is 7.79. The van der Waals surface area contributed by atoms with Gasteiger partial charge in [-0.05, 0) is 43.9 Å². The summed E-state index contributed by atoms with van der Waals surface area (Å²) in [6, 6.07) is 9.67. The third-order valence-electron chi connectivity index (χ3n) is 7.79. The maximum absolute atomic E-state index is 5.08. The number of hydrogen-bond donors (Lipinski definition) is 2. The Bertz CT molecular complexity index is 1150. The van der Waals surface area contributed by atoms with E-state index in [1.54, 1.807) is 6.33 Å². The Balaban J connectivity index is 1.26. The van der Waals surface area contributed by atoms with Crippen LogP contribution in [0.4, 0.5) is 17.5 Å². The molecule has 1 saturated carbocycles. The molecule has 9 nitrogen and oxygen atoms in total. The number of anilines is 3. The third kappa shape index (κ3) is 4.11. The molecular formula is C26H35N9. The fraction of sp³-hybridized carbons (Fsp3) is 0.538. The minimum atomic E-state index is 0.0982. The lowest BCUT2D eigenvalue weighted by atomic mass is 10.0. The monoisotopic (exact) mass is 473 g/mol. The maximum atomic E-state index is 5.08. The number of nitrogens with one attached hydrogen (secondary N) is 2. The van der Waals surface area contributed by atoms with Crippen molar-refractivity contribution in [2.75, 3.05) is 41.3 Å². The van der Waals surface area contributed by atoms with E-state index in [1.165, 1.54) is 36.9 Å². The Kier molecular flexibility index (Phi) is 6.01. The van der Waals surface area contributed by atoms with Crippen molar-refractivity contribution in [3.63, 3.8) is 0 Å². The molecule has 0 radical (unpaired) electrons. The van der Waals surface area contributed by atoms with E-state index >= 15 is 0 Å². The standard InChI is InChI=1S/C26H35N9/c1-3-22-25-32-29-17-34(25)23-16-28-26(31-24(23)35(22)21-6-4-5-7-21)30-18(2)19-8-10-20(11-9-19)33-14-12-27-13-15-33/h8-11,16-18,21-22,27H,3-7,12-15H2,1-2H3,(H,28,30,31). The SMILES string of the molecule is CCC1c2nncn2-c2cnc(NC(C)c3ccc(N4CCNCC4)cc3)nc2N1C1CCCC1. The van der Waals surface area contributed by atoms with Crippen molar-refractivity contribution in [2.45, 2.75) is 64.1 Å². The van der Waals surface area contributed by atoms with Gasteiger partial charge in [0.15, 0.2) is 11.6 Å². The zero-order chi connectivity index (χ0) is 23.8. The Morgan fingerprint density at radius 3 is 2.63 bits per heavy atom. The van der Waals surface area contributed by atoms with Gasteiger partial charge < -0.3 is 20.4 Å². The average Bonchev–Trinajstić information content (AvgIpc) is 3.61. The minimum Gasteiger partial charge on any atom is -0.369 e. The molecule has 4 heterocycles. The van der Waals surface area contributed by atoms with E-state index in [0.29, 0.717) is 12.0 Å². The molecule has 184 valence electrons. The van der Waals surface area contributed by atoms with Crippen molar-refractivity contribution in [3.8, 4) is 5.69 Å². The number of aromatic nitrogens is 5. The van der Waals surface area contributed by atoms with Gasteiger partial charge in [-0.15, -0.1) is 10.2 Å². The van der Waals surface area contributed by atoms with E-state index in [0.717, 1.165) is 49.9 Å². The molecule has 2 aliphatic heterocycles. The molecular weight excluding hydrogens is 438 g/mol. The van der Waals surface area contributed by atoms with Gasteiger partial charge in [0, 0.05) is 37.9 Å². The van der Waals surface area contributed by atoms with Crippen LogP contribution in [0.3, 0.4) is 0 Å². The second kappa shape index (κ2) is 9.45. The fourth-order valence-electron chi connectivity index (χ4n) is 5.89. The fourth-order valence-corrected chi connectivity index (χ4v) is 5.89. The predicted octanol–water partition coefficient (Wildman–Crippen LogP) is 3.85. The Hall–Kier alpha value is -3.20. The molecule has 0 amide bonds. The van der Waals surface area contributed by atoms with E-state index in [-0.39, 0.29) is 12.1 Å². The van der Waals surface area contributed by atoms with Crippen molar-refractivity contribution in [1.82, 2.24) is 30.0 Å². The van der Waals surface area contributed by atoms with Crippen LogP contribution in [-0.2, 0) is 0 Å². The molecule has 2 aromatic heterocycles. The minimum absolute atomic E-state index is 0.0982. The second-order valence-corrected chi connectivity index (χ2v) is 9.93. The van der Waals surface area contributed by atoms with Crippen LogP contribution in [0.5, 0.6) is 0 Å². The van der Waals surface area contributed by atoms with Crippen LogP contribution in [0, 0.1) is 0 Å². The predicted molar refractivity (Wildman–Crippen MR) is 138 cm³/mol. The highest BCUT2D eigenvalue weighted by Gasteiger charge is 2.38. The van der Waals surface area contributed by atoms with Crippen LogP contribution < -0.4 is 20.4 Å². The van der Waals surface area contributed by atoms with E-state index in [4.69, 9.17) is 9.97 Å². The van der Waals surface area contributed by atoms with Crippen molar-refractivity contribution in [2.24, 2.45) is 0 Å². The van der Waals surface area contributed by atoms with Gasteiger partial charge in [-0.2, -0.15) is 4.98 Å². The van der Waals surface area contributed by atoms with Gasteiger partial charge in [-0.3, -0.25) is 4.57 Å². The van der Waals surface area contributed by atoms with Gasteiger partial charge in [0.05, 0.1) is 18.3 Å². The summed E-state index contributed by atoms with van der Waals surface area (Å²) < 4.78 is 2.07. The first-order valence-corrected chi connectivity index (χ1v) is 13.1. The zero-order valence-electron chi connectivity index (χ0n) is 20.7. The van der Waals surface area contributed by atoms with Crippen molar-refractivity contribution in [1.29, 1.82) is 0 Å². The quantitative estimate of drug-likeness (QED) is 0.558. The Morgan fingerprint density at radius 1 is 1.11 bits per heavy atom. The van der Waals surface area contributed by atoms with Gasteiger partial charge in [0.1, 0.15) is 12.0 Å². The normalized spacial score (nSPS) is 21.0. The Morgan fingerprint density at radius 2 is 1.89 bits per heavy atom. The molecule has 0 bridgehead atoms. The number of nitrogens with zero attached hydrogens (tertiary/aromatic N) is 7. The van der Waals surface area contributed by atoms with Gasteiger partial charge >= 0.3 is 0 Å². The molecule has 0 spiro atoms. The van der Waals surface area contributed by atoms with Crippen LogP contribution in [0.1, 0.15) is 69.4 Å². The Labute approximate surface area is 207 Å². The van der Waals surface area contributed by atoms with Crippen LogP contribution in [0.2, 0.25) is 0 Å². The number of benzene rings is 1. The lowest BCUT2D eigenvalue weighted by molar-refractivity contribution is 0.469. The van der Waals surface area contributed by atoms with Crippen molar-refractivity contribution in [3.05, 3.63) is 48.2 Å². The number of piperazine rings is 1. The lowest BCUT2D eigenvalue weighted by Gasteiger charge is -2.40. The second-order valence-electron chi connectivity index (χ2n) is 9.93. The van der Waals surface area contributed by atoms with Gasteiger partial charge in [0.25, 0.3) is 0 Å². The van der Waals surface area contributed by atoms with Crippen LogP contribution >= 0.6 is 0 Å². The topological polar surface area (TPSA) is 87.0 Å². The lowest BCUT2D eigenvalue weighted by Crippen LogP contribution is -2.43. The molecule has 2 atom stereocenters. The smallest absolute Gasteiger partial charge is 0.225 e. The number of fused-ring (bicyclic) bond motifs is 3. The highest BCUT2D eigenvalue weighted by molar-refractivity contribution is 5.63. The summed E-state index contributed by atoms with van der Waals surface area (Å²) in [6.07, 6.45) is 9.64. The largest absolute Gasteiger partial charge is 0.369 e. The summed E-state index contributed by atoms with van der Waals surface area (Å²) in [5, 5.41) is 15.7.